The summed E-state index contributed by atoms with van der Waals surface area (Å²) in [7, 11) is 2.00. The number of rotatable bonds is 5. The highest BCUT2D eigenvalue weighted by Crippen LogP contribution is 2.27. The first-order chi connectivity index (χ1) is 9.96. The molecular formula is C16H23BrN4. The van der Waals surface area contributed by atoms with Gasteiger partial charge in [-0.05, 0) is 68.4 Å². The van der Waals surface area contributed by atoms with Gasteiger partial charge in [-0.3, -0.25) is 9.67 Å². The van der Waals surface area contributed by atoms with Gasteiger partial charge >= 0.3 is 0 Å². The summed E-state index contributed by atoms with van der Waals surface area (Å²) in [4.78, 5) is 4.46. The number of hydrogen-bond donors (Lipinski definition) is 1. The number of nitrogens with zero attached hydrogens (tertiary/aromatic N) is 3. The van der Waals surface area contributed by atoms with Crippen molar-refractivity contribution in [2.45, 2.75) is 46.7 Å². The molecule has 2 aromatic rings. The molecule has 1 unspecified atom stereocenters. The fourth-order valence-electron chi connectivity index (χ4n) is 2.71. The van der Waals surface area contributed by atoms with Crippen LogP contribution in [0.15, 0.2) is 16.6 Å². The Balaban J connectivity index is 2.35. The van der Waals surface area contributed by atoms with Crippen LogP contribution in [0.1, 0.15) is 41.3 Å². The van der Waals surface area contributed by atoms with E-state index in [9.17, 15) is 0 Å². The molecule has 0 bridgehead atoms. The monoisotopic (exact) mass is 350 g/mol. The van der Waals surface area contributed by atoms with Crippen LogP contribution in [0.5, 0.6) is 0 Å². The zero-order chi connectivity index (χ0) is 15.6. The molecule has 0 amide bonds. The van der Waals surface area contributed by atoms with Gasteiger partial charge in [0.15, 0.2) is 0 Å². The summed E-state index contributed by atoms with van der Waals surface area (Å²) in [6.07, 6.45) is 0.897. The predicted molar refractivity (Wildman–Crippen MR) is 89.6 cm³/mol. The van der Waals surface area contributed by atoms with Crippen LogP contribution in [0, 0.1) is 20.8 Å². The summed E-state index contributed by atoms with van der Waals surface area (Å²) >= 11 is 3.68. The molecule has 0 aliphatic carbocycles. The van der Waals surface area contributed by atoms with E-state index >= 15 is 0 Å². The number of likely N-dealkylation sites (N-methyl/N-ethyl adjacent to an activating group) is 1. The molecule has 114 valence electrons. The van der Waals surface area contributed by atoms with Crippen molar-refractivity contribution in [1.82, 2.24) is 20.1 Å². The van der Waals surface area contributed by atoms with E-state index in [1.807, 2.05) is 27.8 Å². The lowest BCUT2D eigenvalue weighted by Gasteiger charge is -2.18. The van der Waals surface area contributed by atoms with Crippen LogP contribution in [0.25, 0.3) is 0 Å². The minimum Gasteiger partial charge on any atom is -0.313 e. The number of halogens is 1. The molecule has 0 fully saturated rings. The van der Waals surface area contributed by atoms with Crippen LogP contribution in [0.3, 0.4) is 0 Å². The normalized spacial score (nSPS) is 12.7. The van der Waals surface area contributed by atoms with Crippen LogP contribution >= 0.6 is 15.9 Å². The van der Waals surface area contributed by atoms with Gasteiger partial charge in [-0.15, -0.1) is 0 Å². The van der Waals surface area contributed by atoms with E-state index < -0.39 is 0 Å². The molecule has 0 spiro atoms. The first-order valence-corrected chi connectivity index (χ1v) is 8.09. The third kappa shape index (κ3) is 3.52. The number of nitrogens with one attached hydrogen (secondary N) is 1. The van der Waals surface area contributed by atoms with Gasteiger partial charge in [0.05, 0.1) is 15.9 Å². The second kappa shape index (κ2) is 6.71. The van der Waals surface area contributed by atoms with Crippen LogP contribution in [0.2, 0.25) is 0 Å². The molecule has 1 atom stereocenters. The maximum absolute atomic E-state index is 4.57. The van der Waals surface area contributed by atoms with Crippen molar-refractivity contribution in [2.24, 2.45) is 0 Å². The summed E-state index contributed by atoms with van der Waals surface area (Å²) in [5.41, 5.74) is 5.68. The Labute approximate surface area is 135 Å². The maximum Gasteiger partial charge on any atom is 0.0738 e. The summed E-state index contributed by atoms with van der Waals surface area (Å²) in [5, 5.41) is 7.99. The Morgan fingerprint density at radius 2 is 1.86 bits per heavy atom. The van der Waals surface area contributed by atoms with Crippen molar-refractivity contribution in [2.75, 3.05) is 7.05 Å². The van der Waals surface area contributed by atoms with Gasteiger partial charge in [0, 0.05) is 30.4 Å². The molecule has 2 aromatic heterocycles. The van der Waals surface area contributed by atoms with E-state index in [1.54, 1.807) is 0 Å². The maximum atomic E-state index is 4.57. The van der Waals surface area contributed by atoms with E-state index in [2.05, 4.69) is 55.1 Å². The predicted octanol–water partition coefficient (Wildman–Crippen LogP) is 3.49. The molecule has 2 heterocycles. The van der Waals surface area contributed by atoms with Crippen LogP contribution in [-0.2, 0) is 13.0 Å². The van der Waals surface area contributed by atoms with Crippen molar-refractivity contribution < 1.29 is 0 Å². The Kier molecular flexibility index (Phi) is 5.17. The van der Waals surface area contributed by atoms with Crippen molar-refractivity contribution >= 4 is 15.9 Å². The highest BCUT2D eigenvalue weighted by Gasteiger charge is 2.18. The molecule has 0 aromatic carbocycles. The fourth-order valence-corrected chi connectivity index (χ4v) is 3.16. The van der Waals surface area contributed by atoms with Crippen molar-refractivity contribution in [3.8, 4) is 0 Å². The Morgan fingerprint density at radius 1 is 1.24 bits per heavy atom. The smallest absolute Gasteiger partial charge is 0.0738 e. The van der Waals surface area contributed by atoms with E-state index in [-0.39, 0.29) is 6.04 Å². The molecule has 0 aliphatic rings. The van der Waals surface area contributed by atoms with E-state index in [1.165, 1.54) is 11.3 Å². The SMILES string of the molecule is CCn1nc(C)c(Br)c1CC(NC)c1cc(C)nc(C)c1. The van der Waals surface area contributed by atoms with Gasteiger partial charge in [0.2, 0.25) is 0 Å². The fraction of sp³-hybridized carbons (Fsp3) is 0.500. The molecule has 5 heteroatoms. The highest BCUT2D eigenvalue weighted by molar-refractivity contribution is 9.10. The van der Waals surface area contributed by atoms with E-state index in [0.29, 0.717) is 0 Å². The number of pyridine rings is 1. The average molecular weight is 351 g/mol. The summed E-state index contributed by atoms with van der Waals surface area (Å²) < 4.78 is 3.19. The molecule has 0 aliphatic heterocycles. The van der Waals surface area contributed by atoms with Crippen molar-refractivity contribution in [1.29, 1.82) is 0 Å². The first kappa shape index (κ1) is 16.2. The van der Waals surface area contributed by atoms with Crippen molar-refractivity contribution in [3.05, 3.63) is 44.9 Å². The zero-order valence-corrected chi connectivity index (χ0v) is 15.0. The second-order valence-electron chi connectivity index (χ2n) is 5.39. The van der Waals surface area contributed by atoms with Crippen LogP contribution in [-0.4, -0.2) is 21.8 Å². The van der Waals surface area contributed by atoms with E-state index in [4.69, 9.17) is 0 Å². The number of aromatic nitrogens is 3. The molecule has 21 heavy (non-hydrogen) atoms. The van der Waals surface area contributed by atoms with Gasteiger partial charge in [0.25, 0.3) is 0 Å². The minimum atomic E-state index is 0.253. The summed E-state index contributed by atoms with van der Waals surface area (Å²) in [6.45, 7) is 9.12. The van der Waals surface area contributed by atoms with Gasteiger partial charge in [-0.2, -0.15) is 5.10 Å². The first-order valence-electron chi connectivity index (χ1n) is 7.30. The summed E-state index contributed by atoms with van der Waals surface area (Å²) in [5.74, 6) is 0. The average Bonchev–Trinajstić information content (AvgIpc) is 2.70. The third-order valence-electron chi connectivity index (χ3n) is 3.70. The van der Waals surface area contributed by atoms with Gasteiger partial charge in [-0.1, -0.05) is 0 Å². The lowest BCUT2D eigenvalue weighted by atomic mass is 10.0. The number of hydrogen-bond acceptors (Lipinski definition) is 3. The Morgan fingerprint density at radius 3 is 2.38 bits per heavy atom. The zero-order valence-electron chi connectivity index (χ0n) is 13.4. The van der Waals surface area contributed by atoms with Gasteiger partial charge in [-0.25, -0.2) is 0 Å². The Hall–Kier alpha value is -1.20. The minimum absolute atomic E-state index is 0.253. The van der Waals surface area contributed by atoms with Crippen LogP contribution < -0.4 is 5.32 Å². The second-order valence-corrected chi connectivity index (χ2v) is 6.18. The lowest BCUT2D eigenvalue weighted by molar-refractivity contribution is 0.539. The molecule has 2 rings (SSSR count). The van der Waals surface area contributed by atoms with Crippen LogP contribution in [0.4, 0.5) is 0 Å². The van der Waals surface area contributed by atoms with Gasteiger partial charge in [0.1, 0.15) is 0 Å². The summed E-state index contributed by atoms with van der Waals surface area (Å²) in [6, 6.07) is 4.56. The molecular weight excluding hydrogens is 328 g/mol. The molecule has 4 nitrogen and oxygen atoms in total. The molecule has 0 saturated carbocycles. The number of aryl methyl sites for hydroxylation is 4. The topological polar surface area (TPSA) is 42.7 Å². The third-order valence-corrected chi connectivity index (χ3v) is 4.74. The largest absolute Gasteiger partial charge is 0.313 e. The van der Waals surface area contributed by atoms with E-state index in [0.717, 1.165) is 34.5 Å². The quantitative estimate of drug-likeness (QED) is 0.897. The lowest BCUT2D eigenvalue weighted by Crippen LogP contribution is -2.21. The van der Waals surface area contributed by atoms with Gasteiger partial charge < -0.3 is 5.32 Å². The molecule has 0 radical (unpaired) electrons. The highest BCUT2D eigenvalue weighted by atomic mass is 79.9. The molecule has 0 saturated heterocycles. The molecule has 1 N–H and O–H groups in total. The standard InChI is InChI=1S/C16H23BrN4/c1-6-21-15(16(17)12(4)20-21)9-14(18-5)13-7-10(2)19-11(3)8-13/h7-8,14,18H,6,9H2,1-5H3. The Bertz CT molecular complexity index is 613. The van der Waals surface area contributed by atoms with Crippen molar-refractivity contribution in [3.63, 3.8) is 0 Å².